The first kappa shape index (κ1) is 23.5. The Kier molecular flexibility index (Phi) is 5.91. The maximum atomic E-state index is 13.7. The first-order valence-electron chi connectivity index (χ1n) is 10.2. The normalized spacial score (nSPS) is 14.9. The molecule has 7 nitrogen and oxygen atoms in total. The van der Waals surface area contributed by atoms with Gasteiger partial charge in [-0.25, -0.2) is 0 Å². The van der Waals surface area contributed by atoms with Gasteiger partial charge in [0.1, 0.15) is 11.3 Å². The van der Waals surface area contributed by atoms with E-state index in [0.717, 1.165) is 0 Å². The highest BCUT2D eigenvalue weighted by molar-refractivity contribution is 9.10. The quantitative estimate of drug-likeness (QED) is 0.305. The number of benzene rings is 3. The number of amides is 1. The van der Waals surface area contributed by atoms with Gasteiger partial charge in [-0.15, -0.1) is 0 Å². The second-order valence-electron chi connectivity index (χ2n) is 7.76. The number of ether oxygens (including phenoxy) is 2. The van der Waals surface area contributed by atoms with Crippen LogP contribution in [0, 0.1) is 0 Å². The Labute approximate surface area is 217 Å². The number of hydrogen-bond acceptors (Lipinski definition) is 6. The average Bonchev–Trinajstić information content (AvgIpc) is 3.13. The number of aromatic hydroxyl groups is 1. The monoisotopic (exact) mass is 575 g/mol. The van der Waals surface area contributed by atoms with Crippen molar-refractivity contribution in [1.29, 1.82) is 0 Å². The third-order valence-corrected chi connectivity index (χ3v) is 6.97. The molecule has 35 heavy (non-hydrogen) atoms. The SMILES string of the molecule is COc1ccc(N2C(=O)c3oc4ccc(Cl)cc4c(=O)c3C2c2cc(Br)c(O)c(OC)c2)cc1Cl. The Bertz CT molecular complexity index is 1590. The van der Waals surface area contributed by atoms with Crippen LogP contribution < -0.4 is 19.8 Å². The van der Waals surface area contributed by atoms with E-state index in [1.54, 1.807) is 42.5 Å². The Morgan fingerprint density at radius 1 is 1.00 bits per heavy atom. The number of hydrogen-bond donors (Lipinski definition) is 1. The number of halogens is 3. The van der Waals surface area contributed by atoms with Gasteiger partial charge in [-0.05, 0) is 70.0 Å². The molecule has 0 radical (unpaired) electrons. The molecular weight excluding hydrogens is 561 g/mol. The molecule has 5 rings (SSSR count). The third-order valence-electron chi connectivity index (χ3n) is 5.83. The van der Waals surface area contributed by atoms with E-state index in [1.807, 2.05) is 0 Å². The maximum Gasteiger partial charge on any atom is 0.295 e. The molecule has 0 fully saturated rings. The lowest BCUT2D eigenvalue weighted by molar-refractivity contribution is 0.0971. The molecule has 1 aromatic heterocycles. The average molecular weight is 577 g/mol. The first-order valence-corrected chi connectivity index (χ1v) is 11.8. The summed E-state index contributed by atoms with van der Waals surface area (Å²) in [6, 6.07) is 11.8. The van der Waals surface area contributed by atoms with Crippen LogP contribution in [0.4, 0.5) is 5.69 Å². The lowest BCUT2D eigenvalue weighted by atomic mass is 9.97. The molecule has 0 spiro atoms. The molecule has 1 aliphatic rings. The number of nitrogens with zero attached hydrogens (tertiary/aromatic N) is 1. The highest BCUT2D eigenvalue weighted by Gasteiger charge is 2.44. The Morgan fingerprint density at radius 3 is 2.43 bits per heavy atom. The molecule has 0 aliphatic carbocycles. The molecule has 1 amide bonds. The fourth-order valence-corrected chi connectivity index (χ4v) is 5.12. The largest absolute Gasteiger partial charge is 0.503 e. The molecule has 0 saturated heterocycles. The van der Waals surface area contributed by atoms with Gasteiger partial charge < -0.3 is 19.0 Å². The summed E-state index contributed by atoms with van der Waals surface area (Å²) >= 11 is 15.8. The van der Waals surface area contributed by atoms with Gasteiger partial charge in [0.05, 0.1) is 40.7 Å². The fraction of sp³-hybridized carbons (Fsp3) is 0.120. The van der Waals surface area contributed by atoms with Crippen LogP contribution in [0.1, 0.15) is 27.7 Å². The molecule has 0 saturated carbocycles. The van der Waals surface area contributed by atoms with Gasteiger partial charge >= 0.3 is 0 Å². The number of phenolic OH excluding ortho intramolecular Hbond substituents is 1. The molecular formula is C25H16BrCl2NO6. The third kappa shape index (κ3) is 3.73. The van der Waals surface area contributed by atoms with Gasteiger partial charge in [-0.2, -0.15) is 0 Å². The summed E-state index contributed by atoms with van der Waals surface area (Å²) in [4.78, 5) is 28.8. The summed E-state index contributed by atoms with van der Waals surface area (Å²) in [5.74, 6) is -0.138. The summed E-state index contributed by atoms with van der Waals surface area (Å²) in [5, 5.41) is 11.2. The van der Waals surface area contributed by atoms with Crippen LogP contribution in [0.3, 0.4) is 0 Å². The summed E-state index contributed by atoms with van der Waals surface area (Å²) in [6.45, 7) is 0. The predicted octanol–water partition coefficient (Wildman–Crippen LogP) is 6.33. The van der Waals surface area contributed by atoms with Crippen LogP contribution in [0.5, 0.6) is 17.2 Å². The van der Waals surface area contributed by atoms with E-state index in [9.17, 15) is 14.7 Å². The first-order chi connectivity index (χ1) is 16.7. The standard InChI is InChI=1S/C25H16BrCl2NO6/c1-33-18-6-4-13(10-16(18)28)29-21(11-7-15(26)23(31)19(8-11)34-2)20-22(30)14-9-12(27)3-5-17(14)35-24(20)25(29)32/h3-10,21,31H,1-2H3. The summed E-state index contributed by atoms with van der Waals surface area (Å²) in [5.41, 5.74) is 0.897. The summed E-state index contributed by atoms with van der Waals surface area (Å²) in [7, 11) is 2.89. The number of carbonyl (C=O) groups excluding carboxylic acids is 1. The predicted molar refractivity (Wildman–Crippen MR) is 137 cm³/mol. The fourth-order valence-electron chi connectivity index (χ4n) is 4.24. The minimum atomic E-state index is -0.910. The second kappa shape index (κ2) is 8.78. The van der Waals surface area contributed by atoms with Crippen LogP contribution in [0.2, 0.25) is 10.0 Å². The van der Waals surface area contributed by atoms with Crippen molar-refractivity contribution in [2.24, 2.45) is 0 Å². The van der Waals surface area contributed by atoms with Crippen LogP contribution >= 0.6 is 39.1 Å². The van der Waals surface area contributed by atoms with Gasteiger partial charge in [-0.1, -0.05) is 23.2 Å². The molecule has 2 heterocycles. The number of anilines is 1. The van der Waals surface area contributed by atoms with Gasteiger partial charge in [0.15, 0.2) is 16.9 Å². The van der Waals surface area contributed by atoms with Crippen molar-refractivity contribution in [3.63, 3.8) is 0 Å². The molecule has 4 aromatic rings. The Balaban J connectivity index is 1.83. The number of fused-ring (bicyclic) bond motifs is 2. The molecule has 1 unspecified atom stereocenters. The molecule has 1 atom stereocenters. The summed E-state index contributed by atoms with van der Waals surface area (Å²) < 4.78 is 16.8. The van der Waals surface area contributed by atoms with Crippen LogP contribution in [-0.2, 0) is 0 Å². The van der Waals surface area contributed by atoms with Crippen molar-refractivity contribution in [3.8, 4) is 17.2 Å². The van der Waals surface area contributed by atoms with Crippen molar-refractivity contribution in [2.75, 3.05) is 19.1 Å². The van der Waals surface area contributed by atoms with Crippen LogP contribution in [-0.4, -0.2) is 25.2 Å². The minimum Gasteiger partial charge on any atom is -0.503 e. The van der Waals surface area contributed by atoms with Crippen molar-refractivity contribution < 1.29 is 23.8 Å². The van der Waals surface area contributed by atoms with Gasteiger partial charge in [0.25, 0.3) is 5.91 Å². The topological polar surface area (TPSA) is 89.2 Å². The van der Waals surface area contributed by atoms with Crippen molar-refractivity contribution in [1.82, 2.24) is 0 Å². The zero-order chi connectivity index (χ0) is 25.0. The Morgan fingerprint density at radius 2 is 1.74 bits per heavy atom. The molecule has 178 valence electrons. The van der Waals surface area contributed by atoms with E-state index in [-0.39, 0.29) is 38.8 Å². The van der Waals surface area contributed by atoms with E-state index in [0.29, 0.717) is 26.5 Å². The highest BCUT2D eigenvalue weighted by Crippen LogP contribution is 2.46. The highest BCUT2D eigenvalue weighted by atomic mass is 79.9. The van der Waals surface area contributed by atoms with Gasteiger partial charge in [-0.3, -0.25) is 14.5 Å². The smallest absolute Gasteiger partial charge is 0.295 e. The molecule has 3 aromatic carbocycles. The van der Waals surface area contributed by atoms with Crippen molar-refractivity contribution >= 4 is 61.7 Å². The number of methoxy groups -OCH3 is 2. The number of rotatable bonds is 4. The number of phenols is 1. The van der Waals surface area contributed by atoms with E-state index in [2.05, 4.69) is 15.9 Å². The van der Waals surface area contributed by atoms with E-state index in [1.165, 1.54) is 25.2 Å². The van der Waals surface area contributed by atoms with E-state index >= 15 is 0 Å². The lowest BCUT2D eigenvalue weighted by Crippen LogP contribution is -2.29. The molecule has 0 bridgehead atoms. The maximum absolute atomic E-state index is 13.7. The number of carbonyl (C=O) groups is 1. The van der Waals surface area contributed by atoms with Gasteiger partial charge in [0.2, 0.25) is 5.76 Å². The second-order valence-corrected chi connectivity index (χ2v) is 9.46. The van der Waals surface area contributed by atoms with Crippen molar-refractivity contribution in [3.05, 3.63) is 90.2 Å². The van der Waals surface area contributed by atoms with Crippen molar-refractivity contribution in [2.45, 2.75) is 6.04 Å². The van der Waals surface area contributed by atoms with E-state index < -0.39 is 17.4 Å². The van der Waals surface area contributed by atoms with Crippen LogP contribution in [0.15, 0.2) is 62.2 Å². The summed E-state index contributed by atoms with van der Waals surface area (Å²) in [6.07, 6.45) is 0. The van der Waals surface area contributed by atoms with E-state index in [4.69, 9.17) is 37.1 Å². The minimum absolute atomic E-state index is 0.0927. The molecule has 1 aliphatic heterocycles. The molecule has 10 heteroatoms. The van der Waals surface area contributed by atoms with Gasteiger partial charge in [0, 0.05) is 10.7 Å². The zero-order valence-corrected chi connectivity index (χ0v) is 21.4. The van der Waals surface area contributed by atoms with Crippen LogP contribution in [0.25, 0.3) is 11.0 Å². The Hall–Kier alpha value is -3.20. The molecule has 1 N–H and O–H groups in total. The lowest BCUT2D eigenvalue weighted by Gasteiger charge is -2.26. The zero-order valence-electron chi connectivity index (χ0n) is 18.3.